The molecule has 0 amide bonds. The molecule has 0 aromatic heterocycles. The molecule has 0 spiro atoms. The molecule has 4 heteroatoms. The summed E-state index contributed by atoms with van der Waals surface area (Å²) in [7, 11) is 1.78. The number of nitrogens with one attached hydrogen (secondary N) is 1. The van der Waals surface area contributed by atoms with Gasteiger partial charge in [0.2, 0.25) is 0 Å². The van der Waals surface area contributed by atoms with Crippen LogP contribution in [0.5, 0.6) is 0 Å². The van der Waals surface area contributed by atoms with Crippen LogP contribution in [0.25, 0.3) is 0 Å². The van der Waals surface area contributed by atoms with E-state index in [2.05, 4.69) is 31.0 Å². The molecule has 0 aromatic rings. The van der Waals surface area contributed by atoms with Crippen molar-refractivity contribution in [2.24, 2.45) is 5.92 Å². The van der Waals surface area contributed by atoms with E-state index in [0.29, 0.717) is 18.0 Å². The maximum absolute atomic E-state index is 5.55. The van der Waals surface area contributed by atoms with E-state index < -0.39 is 0 Å². The van der Waals surface area contributed by atoms with Crippen molar-refractivity contribution in [1.82, 2.24) is 10.2 Å². The Bertz CT molecular complexity index is 220. The van der Waals surface area contributed by atoms with Gasteiger partial charge in [-0.25, -0.2) is 0 Å². The molecule has 0 bridgehead atoms. The molecule has 0 aromatic carbocycles. The minimum absolute atomic E-state index is 0.540. The Labute approximate surface area is 118 Å². The second-order valence-electron chi connectivity index (χ2n) is 5.53. The van der Waals surface area contributed by atoms with Gasteiger partial charge in [0.15, 0.2) is 0 Å². The van der Waals surface area contributed by atoms with Crippen molar-refractivity contribution in [3.8, 4) is 0 Å². The Morgan fingerprint density at radius 3 is 2.74 bits per heavy atom. The molecule has 0 radical (unpaired) electrons. The molecule has 1 fully saturated rings. The third-order valence-electron chi connectivity index (χ3n) is 4.23. The fourth-order valence-electron chi connectivity index (χ4n) is 2.72. The first-order valence-electron chi connectivity index (χ1n) is 7.77. The maximum atomic E-state index is 5.55. The fourth-order valence-corrected chi connectivity index (χ4v) is 2.72. The summed E-state index contributed by atoms with van der Waals surface area (Å²) < 4.78 is 10.8. The van der Waals surface area contributed by atoms with Gasteiger partial charge < -0.3 is 14.8 Å². The summed E-state index contributed by atoms with van der Waals surface area (Å²) in [6, 6.07) is 1.15. The van der Waals surface area contributed by atoms with Crippen LogP contribution in [-0.2, 0) is 9.47 Å². The zero-order valence-corrected chi connectivity index (χ0v) is 13.2. The highest BCUT2D eigenvalue weighted by molar-refractivity contribution is 4.83. The molecule has 1 saturated heterocycles. The van der Waals surface area contributed by atoms with Gasteiger partial charge in [-0.2, -0.15) is 0 Å². The zero-order valence-electron chi connectivity index (χ0n) is 13.2. The van der Waals surface area contributed by atoms with E-state index in [1.54, 1.807) is 7.11 Å². The van der Waals surface area contributed by atoms with E-state index in [9.17, 15) is 0 Å². The molecule has 1 aliphatic heterocycles. The number of hydrogen-bond acceptors (Lipinski definition) is 4. The van der Waals surface area contributed by atoms with Crippen LogP contribution >= 0.6 is 0 Å². The van der Waals surface area contributed by atoms with Gasteiger partial charge in [-0.1, -0.05) is 13.8 Å². The minimum atomic E-state index is 0.540. The first-order valence-corrected chi connectivity index (χ1v) is 7.77. The lowest BCUT2D eigenvalue weighted by molar-refractivity contribution is 0.102. The van der Waals surface area contributed by atoms with Crippen LogP contribution in [0.2, 0.25) is 0 Å². The van der Waals surface area contributed by atoms with E-state index >= 15 is 0 Å². The summed E-state index contributed by atoms with van der Waals surface area (Å²) in [4.78, 5) is 2.55. The lowest BCUT2D eigenvalue weighted by Crippen LogP contribution is -2.49. The second-order valence-corrected chi connectivity index (χ2v) is 5.53. The number of rotatable bonds is 10. The average Bonchev–Trinajstić information content (AvgIpc) is 2.95. The molecule has 3 atom stereocenters. The Kier molecular flexibility index (Phi) is 8.62. The van der Waals surface area contributed by atoms with E-state index in [1.165, 1.54) is 12.8 Å². The normalized spacial score (nSPS) is 22.9. The topological polar surface area (TPSA) is 33.7 Å². The van der Waals surface area contributed by atoms with Crippen LogP contribution in [0.3, 0.4) is 0 Å². The van der Waals surface area contributed by atoms with Crippen LogP contribution in [0.1, 0.15) is 33.6 Å². The van der Waals surface area contributed by atoms with Gasteiger partial charge in [0, 0.05) is 44.8 Å². The van der Waals surface area contributed by atoms with Crippen molar-refractivity contribution in [2.75, 3.05) is 46.6 Å². The molecule has 1 rings (SSSR count). The first kappa shape index (κ1) is 16.9. The Balaban J connectivity index is 2.54. The molecular weight excluding hydrogens is 240 g/mol. The zero-order chi connectivity index (χ0) is 14.1. The first-order chi connectivity index (χ1) is 9.22. The van der Waals surface area contributed by atoms with Gasteiger partial charge in [0.05, 0.1) is 13.2 Å². The number of methoxy groups -OCH3 is 1. The number of hydrogen-bond donors (Lipinski definition) is 1. The summed E-state index contributed by atoms with van der Waals surface area (Å²) >= 11 is 0. The lowest BCUT2D eigenvalue weighted by Gasteiger charge is -2.34. The molecule has 19 heavy (non-hydrogen) atoms. The van der Waals surface area contributed by atoms with Crippen molar-refractivity contribution in [3.63, 3.8) is 0 Å². The Morgan fingerprint density at radius 2 is 2.21 bits per heavy atom. The van der Waals surface area contributed by atoms with Crippen LogP contribution in [0, 0.1) is 5.92 Å². The van der Waals surface area contributed by atoms with Gasteiger partial charge in [-0.15, -0.1) is 0 Å². The fraction of sp³-hybridized carbons (Fsp3) is 1.00. The number of likely N-dealkylation sites (N-methyl/N-ethyl adjacent to an activating group) is 1. The van der Waals surface area contributed by atoms with Gasteiger partial charge >= 0.3 is 0 Å². The Hall–Kier alpha value is -0.160. The highest BCUT2D eigenvalue weighted by atomic mass is 16.5. The van der Waals surface area contributed by atoms with E-state index in [0.717, 1.165) is 39.5 Å². The summed E-state index contributed by atoms with van der Waals surface area (Å²) in [5.74, 6) is 0.661. The summed E-state index contributed by atoms with van der Waals surface area (Å²) in [6.45, 7) is 12.5. The molecule has 1 N–H and O–H groups in total. The van der Waals surface area contributed by atoms with Gasteiger partial charge in [-0.05, 0) is 26.3 Å². The third kappa shape index (κ3) is 5.78. The third-order valence-corrected chi connectivity index (χ3v) is 4.23. The van der Waals surface area contributed by atoms with Crippen LogP contribution < -0.4 is 5.32 Å². The summed E-state index contributed by atoms with van der Waals surface area (Å²) in [5, 5.41) is 3.65. The van der Waals surface area contributed by atoms with Gasteiger partial charge in [0.1, 0.15) is 0 Å². The smallest absolute Gasteiger partial charge is 0.0589 e. The molecule has 3 unspecified atom stereocenters. The quantitative estimate of drug-likeness (QED) is 0.657. The second kappa shape index (κ2) is 9.70. The van der Waals surface area contributed by atoms with Crippen LogP contribution in [0.15, 0.2) is 0 Å². The van der Waals surface area contributed by atoms with Gasteiger partial charge in [-0.3, -0.25) is 4.90 Å². The largest absolute Gasteiger partial charge is 0.383 e. The van der Waals surface area contributed by atoms with Crippen molar-refractivity contribution in [2.45, 2.75) is 45.7 Å². The SMILES string of the molecule is CCNC(CN(CCOC)C(C)CC)C1CCOC1. The summed E-state index contributed by atoms with van der Waals surface area (Å²) in [5.41, 5.74) is 0. The number of nitrogens with zero attached hydrogens (tertiary/aromatic N) is 1. The molecule has 1 heterocycles. The molecule has 0 saturated carbocycles. The average molecular weight is 272 g/mol. The monoisotopic (exact) mass is 272 g/mol. The maximum Gasteiger partial charge on any atom is 0.0589 e. The van der Waals surface area contributed by atoms with E-state index in [1.807, 2.05) is 0 Å². The molecule has 1 aliphatic rings. The van der Waals surface area contributed by atoms with E-state index in [-0.39, 0.29) is 0 Å². The number of ether oxygens (including phenoxy) is 2. The van der Waals surface area contributed by atoms with Crippen molar-refractivity contribution >= 4 is 0 Å². The van der Waals surface area contributed by atoms with Crippen molar-refractivity contribution in [3.05, 3.63) is 0 Å². The lowest BCUT2D eigenvalue weighted by atomic mass is 9.97. The molecular formula is C15H32N2O2. The van der Waals surface area contributed by atoms with Crippen LogP contribution in [0.4, 0.5) is 0 Å². The molecule has 0 aliphatic carbocycles. The molecule has 114 valence electrons. The van der Waals surface area contributed by atoms with E-state index in [4.69, 9.17) is 9.47 Å². The van der Waals surface area contributed by atoms with Crippen molar-refractivity contribution < 1.29 is 9.47 Å². The summed E-state index contributed by atoms with van der Waals surface area (Å²) in [6.07, 6.45) is 2.38. The predicted octanol–water partition coefficient (Wildman–Crippen LogP) is 1.75. The predicted molar refractivity (Wildman–Crippen MR) is 79.6 cm³/mol. The highest BCUT2D eigenvalue weighted by Gasteiger charge is 2.27. The minimum Gasteiger partial charge on any atom is -0.383 e. The van der Waals surface area contributed by atoms with Gasteiger partial charge in [0.25, 0.3) is 0 Å². The van der Waals surface area contributed by atoms with Crippen LogP contribution in [-0.4, -0.2) is 63.5 Å². The highest BCUT2D eigenvalue weighted by Crippen LogP contribution is 2.18. The Morgan fingerprint density at radius 1 is 1.42 bits per heavy atom. The van der Waals surface area contributed by atoms with Crippen molar-refractivity contribution in [1.29, 1.82) is 0 Å². The standard InChI is InChI=1S/C15H32N2O2/c1-5-13(3)17(8-10-18-4)11-15(16-6-2)14-7-9-19-12-14/h13-16H,5-12H2,1-4H3. The molecule has 4 nitrogen and oxygen atoms in total.